The van der Waals surface area contributed by atoms with Gasteiger partial charge < -0.3 is 15.3 Å². The first-order valence-corrected chi connectivity index (χ1v) is 7.26. The van der Waals surface area contributed by atoms with E-state index in [1.54, 1.807) is 36.7 Å². The number of hydrogen-bond acceptors (Lipinski definition) is 6. The molecule has 3 N–H and O–H groups in total. The minimum absolute atomic E-state index is 0.0621. The third-order valence-corrected chi connectivity index (χ3v) is 3.13. The Morgan fingerprint density at radius 3 is 2.37 bits per heavy atom. The van der Waals surface area contributed by atoms with Crippen molar-refractivity contribution in [3.8, 4) is 22.9 Å². The van der Waals surface area contributed by atoms with Crippen LogP contribution in [0.15, 0.2) is 47.1 Å². The number of carbonyl (C=O) groups is 1. The van der Waals surface area contributed by atoms with Gasteiger partial charge >= 0.3 is 12.1 Å². The van der Waals surface area contributed by atoms with Gasteiger partial charge in [0.25, 0.3) is 0 Å². The summed E-state index contributed by atoms with van der Waals surface area (Å²) in [5, 5.41) is 15.0. The van der Waals surface area contributed by atoms with Gasteiger partial charge in [0, 0.05) is 30.1 Å². The molecule has 27 heavy (non-hydrogen) atoms. The largest absolute Gasteiger partial charge is 0.490 e. The van der Waals surface area contributed by atoms with E-state index >= 15 is 0 Å². The van der Waals surface area contributed by atoms with Crippen LogP contribution < -0.4 is 5.73 Å². The van der Waals surface area contributed by atoms with Crippen LogP contribution in [0.5, 0.6) is 0 Å². The molecule has 0 aliphatic heterocycles. The molecule has 2 heterocycles. The maximum absolute atomic E-state index is 13.7. The predicted octanol–water partition coefficient (Wildman–Crippen LogP) is 3.03. The van der Waals surface area contributed by atoms with E-state index in [0.717, 1.165) is 0 Å². The van der Waals surface area contributed by atoms with Gasteiger partial charge in [-0.3, -0.25) is 4.98 Å². The van der Waals surface area contributed by atoms with Crippen molar-refractivity contribution in [3.63, 3.8) is 0 Å². The third kappa shape index (κ3) is 5.07. The number of hydrogen-bond donors (Lipinski definition) is 2. The van der Waals surface area contributed by atoms with Crippen LogP contribution in [0.2, 0.25) is 0 Å². The standard InChI is InChI=1S/C14H11FN4O.C2HF3O2/c15-12-5-1-4-10(11(12)7-16)14-19-18-13(20-14)9-3-2-6-17-8-9;3-2(4,5)1(6)7/h1-6,8H,7,16H2;(H,6,7). The summed E-state index contributed by atoms with van der Waals surface area (Å²) in [6, 6.07) is 8.21. The Kier molecular flexibility index (Phi) is 6.19. The normalized spacial score (nSPS) is 10.9. The van der Waals surface area contributed by atoms with Crippen LogP contribution in [-0.4, -0.2) is 32.4 Å². The van der Waals surface area contributed by atoms with Gasteiger partial charge in [-0.15, -0.1) is 10.2 Å². The smallest absolute Gasteiger partial charge is 0.475 e. The molecule has 0 atom stereocenters. The maximum Gasteiger partial charge on any atom is 0.490 e. The Hall–Kier alpha value is -3.34. The zero-order valence-corrected chi connectivity index (χ0v) is 13.4. The van der Waals surface area contributed by atoms with E-state index in [1.807, 2.05) is 0 Å². The number of rotatable bonds is 3. The number of nitrogens with zero attached hydrogens (tertiary/aromatic N) is 3. The minimum Gasteiger partial charge on any atom is -0.475 e. The molecule has 2 aromatic heterocycles. The highest BCUT2D eigenvalue weighted by molar-refractivity contribution is 5.73. The molecule has 0 fully saturated rings. The number of carboxylic acid groups (broad SMARTS) is 1. The summed E-state index contributed by atoms with van der Waals surface area (Å²) in [5.74, 6) is -2.57. The molecule has 0 amide bonds. The average molecular weight is 384 g/mol. The van der Waals surface area contributed by atoms with Gasteiger partial charge in [0.15, 0.2) is 0 Å². The van der Waals surface area contributed by atoms with Crippen molar-refractivity contribution in [2.75, 3.05) is 0 Å². The molecule has 11 heteroatoms. The van der Waals surface area contributed by atoms with Gasteiger partial charge in [0.1, 0.15) is 5.82 Å². The van der Waals surface area contributed by atoms with Crippen LogP contribution in [-0.2, 0) is 11.3 Å². The lowest BCUT2D eigenvalue weighted by Crippen LogP contribution is -2.21. The molecular weight excluding hydrogens is 372 g/mol. The molecule has 3 aromatic rings. The molecule has 1 aromatic carbocycles. The number of halogens is 4. The van der Waals surface area contributed by atoms with E-state index in [0.29, 0.717) is 22.6 Å². The van der Waals surface area contributed by atoms with Gasteiger partial charge in [-0.2, -0.15) is 13.2 Å². The van der Waals surface area contributed by atoms with Crippen LogP contribution in [0.25, 0.3) is 22.9 Å². The summed E-state index contributed by atoms with van der Waals surface area (Å²) >= 11 is 0. The van der Waals surface area contributed by atoms with Gasteiger partial charge in [-0.25, -0.2) is 9.18 Å². The highest BCUT2D eigenvalue weighted by atomic mass is 19.4. The number of carboxylic acids is 1. The fourth-order valence-electron chi connectivity index (χ4n) is 1.90. The number of aromatic nitrogens is 3. The zero-order chi connectivity index (χ0) is 20.0. The number of nitrogens with two attached hydrogens (primary N) is 1. The quantitative estimate of drug-likeness (QED) is 0.667. The fraction of sp³-hybridized carbons (Fsp3) is 0.125. The van der Waals surface area contributed by atoms with Crippen LogP contribution in [0, 0.1) is 5.82 Å². The molecule has 0 saturated heterocycles. The highest BCUT2D eigenvalue weighted by Gasteiger charge is 2.38. The molecule has 0 bridgehead atoms. The topological polar surface area (TPSA) is 115 Å². The van der Waals surface area contributed by atoms with Crippen LogP contribution in [0.4, 0.5) is 17.6 Å². The monoisotopic (exact) mass is 384 g/mol. The molecule has 0 unspecified atom stereocenters. The van der Waals surface area contributed by atoms with Crippen LogP contribution >= 0.6 is 0 Å². The number of alkyl halides is 3. The second kappa shape index (κ2) is 8.36. The first-order chi connectivity index (χ1) is 12.7. The van der Waals surface area contributed by atoms with E-state index in [9.17, 15) is 17.6 Å². The lowest BCUT2D eigenvalue weighted by atomic mass is 10.1. The fourth-order valence-corrected chi connectivity index (χ4v) is 1.90. The van der Waals surface area contributed by atoms with Crippen LogP contribution in [0.1, 0.15) is 5.56 Å². The Balaban J connectivity index is 0.000000321. The first-order valence-electron chi connectivity index (χ1n) is 7.26. The molecule has 3 rings (SSSR count). The van der Waals surface area contributed by atoms with Crippen molar-refractivity contribution in [1.29, 1.82) is 0 Å². The molecule has 0 saturated carbocycles. The van der Waals surface area contributed by atoms with Gasteiger partial charge in [0.05, 0.1) is 5.56 Å². The molecular formula is C16H12F4N4O3. The summed E-state index contributed by atoms with van der Waals surface area (Å²) in [5.41, 5.74) is 7.14. The summed E-state index contributed by atoms with van der Waals surface area (Å²) in [7, 11) is 0. The van der Waals surface area contributed by atoms with Crippen molar-refractivity contribution in [2.24, 2.45) is 5.73 Å². The maximum atomic E-state index is 13.7. The average Bonchev–Trinajstić information content (AvgIpc) is 3.12. The van der Waals surface area contributed by atoms with E-state index in [-0.39, 0.29) is 18.3 Å². The molecule has 0 radical (unpaired) electrons. The summed E-state index contributed by atoms with van der Waals surface area (Å²) in [6.07, 6.45) is -1.81. The first kappa shape index (κ1) is 20.0. The van der Waals surface area contributed by atoms with E-state index in [2.05, 4.69) is 15.2 Å². The third-order valence-electron chi connectivity index (χ3n) is 3.13. The van der Waals surface area contributed by atoms with Crippen molar-refractivity contribution in [2.45, 2.75) is 12.7 Å². The lowest BCUT2D eigenvalue weighted by molar-refractivity contribution is -0.192. The van der Waals surface area contributed by atoms with E-state index in [1.165, 1.54) is 6.07 Å². The Morgan fingerprint density at radius 1 is 1.15 bits per heavy atom. The number of benzene rings is 1. The van der Waals surface area contributed by atoms with Crippen molar-refractivity contribution in [3.05, 3.63) is 54.1 Å². The Morgan fingerprint density at radius 2 is 1.81 bits per heavy atom. The van der Waals surface area contributed by atoms with Crippen LogP contribution in [0.3, 0.4) is 0 Å². The number of pyridine rings is 1. The zero-order valence-electron chi connectivity index (χ0n) is 13.4. The number of aliphatic carboxylic acids is 1. The molecule has 0 aliphatic carbocycles. The Labute approximate surface area is 149 Å². The summed E-state index contributed by atoms with van der Waals surface area (Å²) < 4.78 is 51.0. The molecule has 0 aliphatic rings. The van der Waals surface area contributed by atoms with E-state index < -0.39 is 12.1 Å². The Bertz CT molecular complexity index is 914. The molecule has 142 valence electrons. The van der Waals surface area contributed by atoms with Gasteiger partial charge in [-0.1, -0.05) is 6.07 Å². The second-order valence-corrected chi connectivity index (χ2v) is 4.93. The highest BCUT2D eigenvalue weighted by Crippen LogP contribution is 2.27. The predicted molar refractivity (Wildman–Crippen MR) is 84.5 cm³/mol. The van der Waals surface area contributed by atoms with E-state index in [4.69, 9.17) is 20.1 Å². The minimum atomic E-state index is -5.08. The lowest BCUT2D eigenvalue weighted by Gasteiger charge is -2.04. The molecule has 0 spiro atoms. The van der Waals surface area contributed by atoms with Gasteiger partial charge in [0.2, 0.25) is 11.8 Å². The SMILES string of the molecule is NCc1c(F)cccc1-c1nnc(-c2cccnc2)o1.O=C(O)C(F)(F)F. The van der Waals surface area contributed by atoms with Crippen molar-refractivity contribution < 1.29 is 31.9 Å². The second-order valence-electron chi connectivity index (χ2n) is 4.93. The van der Waals surface area contributed by atoms with Crippen molar-refractivity contribution >= 4 is 5.97 Å². The van der Waals surface area contributed by atoms with Crippen molar-refractivity contribution in [1.82, 2.24) is 15.2 Å². The molecule has 7 nitrogen and oxygen atoms in total. The summed E-state index contributed by atoms with van der Waals surface area (Å²) in [6.45, 7) is 0.0621. The summed E-state index contributed by atoms with van der Waals surface area (Å²) in [4.78, 5) is 12.9. The van der Waals surface area contributed by atoms with Gasteiger partial charge in [-0.05, 0) is 24.3 Å².